The van der Waals surface area contributed by atoms with Crippen LogP contribution in [-0.4, -0.2) is 37.7 Å². The van der Waals surface area contributed by atoms with Gasteiger partial charge in [-0.2, -0.15) is 0 Å². The van der Waals surface area contributed by atoms with Crippen molar-refractivity contribution >= 4 is 11.9 Å². The number of benzene rings is 1. The Kier molecular flexibility index (Phi) is 5.13. The van der Waals surface area contributed by atoms with Crippen molar-refractivity contribution < 1.29 is 24.2 Å². The summed E-state index contributed by atoms with van der Waals surface area (Å²) in [5.41, 5.74) is -0.105. The van der Waals surface area contributed by atoms with Crippen LogP contribution in [0.5, 0.6) is 11.5 Å². The third kappa shape index (κ3) is 3.75. The van der Waals surface area contributed by atoms with Crippen molar-refractivity contribution in [2.24, 2.45) is 11.3 Å². The number of carboxylic acid groups (broad SMARTS) is 1. The van der Waals surface area contributed by atoms with Crippen LogP contribution < -0.4 is 14.8 Å². The number of hydrogen-bond acceptors (Lipinski definition) is 4. The highest BCUT2D eigenvalue weighted by Crippen LogP contribution is 2.46. The third-order valence-corrected chi connectivity index (χ3v) is 4.24. The lowest BCUT2D eigenvalue weighted by Gasteiger charge is -2.16. The van der Waals surface area contributed by atoms with E-state index in [2.05, 4.69) is 5.32 Å². The Morgan fingerprint density at radius 1 is 1.26 bits per heavy atom. The van der Waals surface area contributed by atoms with Crippen molar-refractivity contribution in [3.8, 4) is 11.5 Å². The van der Waals surface area contributed by atoms with E-state index >= 15 is 0 Å². The molecule has 6 heteroatoms. The molecule has 1 unspecified atom stereocenters. The fraction of sp³-hybridized carbons (Fsp3) is 0.529. The molecule has 0 saturated heterocycles. The normalized spacial score (nSPS) is 16.3. The second-order valence-electron chi connectivity index (χ2n) is 6.10. The van der Waals surface area contributed by atoms with E-state index in [9.17, 15) is 9.59 Å². The van der Waals surface area contributed by atoms with Gasteiger partial charge >= 0.3 is 5.97 Å². The topological polar surface area (TPSA) is 84.9 Å². The number of rotatable bonds is 8. The Balaban J connectivity index is 1.89. The molecule has 1 aromatic rings. The molecule has 0 radical (unpaired) electrons. The van der Waals surface area contributed by atoms with Crippen molar-refractivity contribution in [1.82, 2.24) is 5.32 Å². The summed E-state index contributed by atoms with van der Waals surface area (Å²) in [6, 6.07) is 5.72. The van der Waals surface area contributed by atoms with Gasteiger partial charge in [0.2, 0.25) is 5.91 Å². The maximum atomic E-state index is 12.0. The number of carboxylic acids is 1. The maximum Gasteiger partial charge on any atom is 0.319 e. The van der Waals surface area contributed by atoms with Gasteiger partial charge in [-0.25, -0.2) is 0 Å². The second-order valence-corrected chi connectivity index (χ2v) is 6.10. The van der Waals surface area contributed by atoms with Gasteiger partial charge in [0.05, 0.1) is 14.2 Å². The zero-order valence-corrected chi connectivity index (χ0v) is 13.7. The third-order valence-electron chi connectivity index (χ3n) is 4.24. The Hall–Kier alpha value is -2.24. The highest BCUT2D eigenvalue weighted by molar-refractivity contribution is 6.04. The first-order valence-corrected chi connectivity index (χ1v) is 7.65. The minimum Gasteiger partial charge on any atom is -0.493 e. The van der Waals surface area contributed by atoms with E-state index < -0.39 is 11.4 Å². The van der Waals surface area contributed by atoms with E-state index in [4.69, 9.17) is 14.6 Å². The lowest BCUT2D eigenvalue weighted by atomic mass is 10.00. The summed E-state index contributed by atoms with van der Waals surface area (Å²) < 4.78 is 10.5. The number of ether oxygens (including phenoxy) is 2. The molecule has 0 aromatic heterocycles. The highest BCUT2D eigenvalue weighted by Gasteiger charge is 2.56. The number of carbonyl (C=O) groups excluding carboxylic acids is 1. The molecule has 0 spiro atoms. The van der Waals surface area contributed by atoms with E-state index in [1.807, 2.05) is 25.1 Å². The molecule has 126 valence electrons. The largest absolute Gasteiger partial charge is 0.493 e. The number of amides is 1. The SMILES string of the molecule is COc1ccc(CC(C)CNC(=O)C2(C(=O)O)CC2)cc1OC. The predicted octanol–water partition coefficient (Wildman–Crippen LogP) is 1.86. The van der Waals surface area contributed by atoms with Crippen molar-refractivity contribution in [3.63, 3.8) is 0 Å². The minimum absolute atomic E-state index is 0.182. The van der Waals surface area contributed by atoms with Gasteiger partial charge < -0.3 is 19.9 Å². The molecule has 1 aliphatic rings. The molecular formula is C17H23NO5. The van der Waals surface area contributed by atoms with Crippen molar-refractivity contribution in [3.05, 3.63) is 23.8 Å². The summed E-state index contributed by atoms with van der Waals surface area (Å²) in [6.45, 7) is 2.46. The first kappa shape index (κ1) is 17.1. The lowest BCUT2D eigenvalue weighted by Crippen LogP contribution is -2.39. The number of methoxy groups -OCH3 is 2. The number of hydrogen-bond donors (Lipinski definition) is 2. The first-order chi connectivity index (χ1) is 10.9. The maximum absolute atomic E-state index is 12.0. The monoisotopic (exact) mass is 321 g/mol. The molecule has 1 saturated carbocycles. The molecule has 1 atom stereocenters. The van der Waals surface area contributed by atoms with Gasteiger partial charge in [-0.15, -0.1) is 0 Å². The fourth-order valence-corrected chi connectivity index (χ4v) is 2.58. The van der Waals surface area contributed by atoms with Gasteiger partial charge in [0.25, 0.3) is 0 Å². The van der Waals surface area contributed by atoms with Crippen LogP contribution in [-0.2, 0) is 16.0 Å². The Morgan fingerprint density at radius 2 is 1.91 bits per heavy atom. The highest BCUT2D eigenvalue weighted by atomic mass is 16.5. The molecule has 0 aliphatic heterocycles. The summed E-state index contributed by atoms with van der Waals surface area (Å²) in [6.07, 6.45) is 1.61. The van der Waals surface area contributed by atoms with Gasteiger partial charge in [-0.3, -0.25) is 9.59 Å². The lowest BCUT2D eigenvalue weighted by molar-refractivity contribution is -0.149. The Bertz CT molecular complexity index is 595. The molecule has 2 rings (SSSR count). The van der Waals surface area contributed by atoms with Crippen LogP contribution in [0.15, 0.2) is 18.2 Å². The molecule has 1 fully saturated rings. The zero-order chi connectivity index (χ0) is 17.0. The van der Waals surface area contributed by atoms with Crippen LogP contribution in [0.4, 0.5) is 0 Å². The van der Waals surface area contributed by atoms with Crippen LogP contribution in [0.2, 0.25) is 0 Å². The van der Waals surface area contributed by atoms with Crippen LogP contribution in [0.25, 0.3) is 0 Å². The van der Waals surface area contributed by atoms with E-state index in [0.717, 1.165) is 12.0 Å². The average molecular weight is 321 g/mol. The molecule has 1 amide bonds. The van der Waals surface area contributed by atoms with E-state index in [-0.39, 0.29) is 11.8 Å². The van der Waals surface area contributed by atoms with Crippen molar-refractivity contribution in [1.29, 1.82) is 0 Å². The summed E-state index contributed by atoms with van der Waals surface area (Å²) >= 11 is 0. The zero-order valence-electron chi connectivity index (χ0n) is 13.7. The van der Waals surface area contributed by atoms with E-state index in [0.29, 0.717) is 30.9 Å². The predicted molar refractivity (Wildman–Crippen MR) is 84.7 cm³/mol. The van der Waals surface area contributed by atoms with E-state index in [1.54, 1.807) is 14.2 Å². The number of aliphatic carboxylic acids is 1. The van der Waals surface area contributed by atoms with Crippen LogP contribution in [0, 0.1) is 11.3 Å². The smallest absolute Gasteiger partial charge is 0.319 e. The van der Waals surface area contributed by atoms with E-state index in [1.165, 1.54) is 0 Å². The summed E-state index contributed by atoms with van der Waals surface area (Å²) in [4.78, 5) is 23.1. The van der Waals surface area contributed by atoms with Crippen molar-refractivity contribution in [2.75, 3.05) is 20.8 Å². The Labute approximate surface area is 135 Å². The van der Waals surface area contributed by atoms with Crippen LogP contribution in [0.3, 0.4) is 0 Å². The summed E-state index contributed by atoms with van der Waals surface area (Å²) in [7, 11) is 3.18. The molecule has 23 heavy (non-hydrogen) atoms. The molecular weight excluding hydrogens is 298 g/mol. The van der Waals surface area contributed by atoms with Gasteiger partial charge in [-0.1, -0.05) is 13.0 Å². The standard InChI is InChI=1S/C17H23NO5/c1-11(10-18-15(19)17(6-7-17)16(20)21)8-12-4-5-13(22-2)14(9-12)23-3/h4-5,9,11H,6-8,10H2,1-3H3,(H,18,19)(H,20,21). The number of carbonyl (C=O) groups is 2. The molecule has 2 N–H and O–H groups in total. The van der Waals surface area contributed by atoms with Crippen LogP contribution in [0.1, 0.15) is 25.3 Å². The molecule has 0 heterocycles. The van der Waals surface area contributed by atoms with Gasteiger partial charge in [0, 0.05) is 6.54 Å². The van der Waals surface area contributed by atoms with Gasteiger partial charge in [0.15, 0.2) is 11.5 Å². The molecule has 6 nitrogen and oxygen atoms in total. The molecule has 0 bridgehead atoms. The van der Waals surface area contributed by atoms with Gasteiger partial charge in [0.1, 0.15) is 5.41 Å². The van der Waals surface area contributed by atoms with Gasteiger partial charge in [-0.05, 0) is 42.9 Å². The van der Waals surface area contributed by atoms with Crippen molar-refractivity contribution in [2.45, 2.75) is 26.2 Å². The molecule has 1 aliphatic carbocycles. The summed E-state index contributed by atoms with van der Waals surface area (Å²) in [5, 5.41) is 11.9. The van der Waals surface area contributed by atoms with Crippen LogP contribution >= 0.6 is 0 Å². The minimum atomic E-state index is -1.18. The first-order valence-electron chi connectivity index (χ1n) is 7.65. The fourth-order valence-electron chi connectivity index (χ4n) is 2.58. The molecule has 1 aromatic carbocycles. The average Bonchev–Trinajstić information content (AvgIpc) is 3.34. The summed E-state index contributed by atoms with van der Waals surface area (Å²) in [5.74, 6) is 0.131. The Morgan fingerprint density at radius 3 is 2.43 bits per heavy atom. The number of nitrogens with one attached hydrogen (secondary N) is 1. The second kappa shape index (κ2) is 6.89. The quantitative estimate of drug-likeness (QED) is 0.714.